The minimum atomic E-state index is -2.74. The van der Waals surface area contributed by atoms with Crippen LogP contribution in [0.1, 0.15) is 131 Å². The Morgan fingerprint density at radius 1 is 0.533 bits per heavy atom. The fraction of sp³-hybridized carbons (Fsp3) is 0.214. The molecule has 2 aliphatic rings. The molecule has 0 radical (unpaired) electrons. The van der Waals surface area contributed by atoms with Gasteiger partial charge in [0.1, 0.15) is 5.82 Å². The molecule has 4 heterocycles. The average molecular weight is 1360 g/mol. The van der Waals surface area contributed by atoms with Gasteiger partial charge in [-0.05, 0) is 202 Å². The first-order valence-electron chi connectivity index (χ1n) is 36.1. The Kier molecular flexibility index (Phi) is 11.3. The van der Waals surface area contributed by atoms with E-state index in [0.717, 1.165) is 85.0 Å². The molecule has 0 saturated carbocycles. The van der Waals surface area contributed by atoms with Crippen LogP contribution in [-0.2, 0) is 42.7 Å². The van der Waals surface area contributed by atoms with Crippen LogP contribution in [-0.4, -0.2) is 14.1 Å². The van der Waals surface area contributed by atoms with Crippen LogP contribution in [0.4, 0.5) is 0 Å². The second-order valence-corrected chi connectivity index (χ2v) is 27.5. The Balaban J connectivity index is 0.00000866. The number of imidazole rings is 1. The third-order valence-electron chi connectivity index (χ3n) is 18.7. The monoisotopic (exact) mass is 1360 g/mol. The van der Waals surface area contributed by atoms with Gasteiger partial charge >= 0.3 is 0 Å². The number of para-hydroxylation sites is 1. The maximum Gasteiger partial charge on any atom is 0.268 e. The second-order valence-electron chi connectivity index (χ2n) is 27.5. The molecule has 5 nitrogen and oxygen atoms in total. The molecule has 1 aliphatic heterocycles. The normalized spacial score (nSPS) is 16.0. The number of pyridine rings is 1. The minimum absolute atomic E-state index is 0. The van der Waals surface area contributed by atoms with Crippen molar-refractivity contribution in [1.29, 1.82) is 0 Å². The summed E-state index contributed by atoms with van der Waals surface area (Å²) in [4.78, 5) is 4.91. The fourth-order valence-corrected chi connectivity index (χ4v) is 13.7. The van der Waals surface area contributed by atoms with Gasteiger partial charge in [-0.2, -0.15) is 18.2 Å². The van der Waals surface area contributed by atoms with Crippen LogP contribution in [0.25, 0.3) is 117 Å². The largest absolute Gasteiger partial charge is 0.510 e. The first-order chi connectivity index (χ1) is 47.2. The van der Waals surface area contributed by atoms with Crippen LogP contribution >= 0.6 is 0 Å². The number of benzene rings is 10. The molecule has 0 fully saturated rings. The van der Waals surface area contributed by atoms with Crippen LogP contribution in [0.3, 0.4) is 0 Å². The zero-order chi connectivity index (χ0) is 70.8. The molecule has 3 aromatic heterocycles. The van der Waals surface area contributed by atoms with Gasteiger partial charge in [0.15, 0.2) is 0 Å². The summed E-state index contributed by atoms with van der Waals surface area (Å²) in [6, 6.07) is 60.2. The predicted octanol–water partition coefficient (Wildman–Crippen LogP) is 21.5. The second kappa shape index (κ2) is 21.7. The Bertz CT molecular complexity index is 5530. The van der Waals surface area contributed by atoms with Gasteiger partial charge in [0, 0.05) is 52.5 Å². The SMILES string of the molecule is [2H]c1c([2H])c([2H])c(-c2cc3c4c(c2)n(-c2[c-]c(Oc5[c-]c6c(cc5)c5ccccc5n6-c5cc(C(C)(C)C)ccn5)ccc2)[c-][n+]4-c2c(-c4ccc(C(C)(C)C)cc4)cc(-c4c(C([2H])([2H])[2H])cccc4C([2H])([2H])[2H])cc2-c2cc4c(cc2-c2ccccc2-3)C(C)(C)CCC4(C)C)c([2H])c1[2H].[Pt]. The molecule has 0 unspecified atom stereocenters. The van der Waals surface area contributed by atoms with Gasteiger partial charge in [0.2, 0.25) is 0 Å². The van der Waals surface area contributed by atoms with Gasteiger partial charge in [-0.3, -0.25) is 4.57 Å². The van der Waals surface area contributed by atoms with Gasteiger partial charge in [-0.25, -0.2) is 4.98 Å². The minimum Gasteiger partial charge on any atom is -0.510 e. The van der Waals surface area contributed by atoms with Gasteiger partial charge in [0.25, 0.3) is 6.33 Å². The molecule has 10 aromatic carbocycles. The van der Waals surface area contributed by atoms with E-state index in [0.29, 0.717) is 61.7 Å². The van der Waals surface area contributed by atoms with Crippen molar-refractivity contribution in [2.45, 2.75) is 117 Å². The van der Waals surface area contributed by atoms with Gasteiger partial charge < -0.3 is 13.9 Å². The van der Waals surface area contributed by atoms with Crippen molar-refractivity contribution < 1.29 is 45.4 Å². The summed E-state index contributed by atoms with van der Waals surface area (Å²) in [7, 11) is 0. The molecular weight excluding hydrogens is 1280 g/mol. The molecule has 90 heavy (non-hydrogen) atoms. The van der Waals surface area contributed by atoms with E-state index in [9.17, 15) is 2.74 Å². The molecule has 0 bridgehead atoms. The first kappa shape index (κ1) is 47.1. The summed E-state index contributed by atoms with van der Waals surface area (Å²) in [5, 5.41) is 2.00. The Hall–Kier alpha value is -8.89. The van der Waals surface area contributed by atoms with E-state index in [1.54, 1.807) is 0 Å². The molecule has 1 aliphatic carbocycles. The van der Waals surface area contributed by atoms with E-state index in [1.807, 2.05) is 100 Å². The van der Waals surface area contributed by atoms with Crippen molar-refractivity contribution in [1.82, 2.24) is 14.1 Å². The molecule has 0 atom stereocenters. The quantitative estimate of drug-likeness (QED) is 0.118. The third-order valence-corrected chi connectivity index (χ3v) is 18.7. The molecule has 0 spiro atoms. The molecule has 448 valence electrons. The zero-order valence-corrected chi connectivity index (χ0v) is 54.4. The number of ether oxygens (including phenoxy) is 1. The van der Waals surface area contributed by atoms with Crippen molar-refractivity contribution in [3.05, 3.63) is 258 Å². The summed E-state index contributed by atoms with van der Waals surface area (Å²) < 4.78 is 113. The van der Waals surface area contributed by atoms with Crippen molar-refractivity contribution in [2.75, 3.05) is 0 Å². The third kappa shape index (κ3) is 9.87. The van der Waals surface area contributed by atoms with E-state index in [1.165, 1.54) is 23.8 Å². The summed E-state index contributed by atoms with van der Waals surface area (Å²) >= 11 is 0. The summed E-state index contributed by atoms with van der Waals surface area (Å²) in [5.74, 6) is 1.50. The van der Waals surface area contributed by atoms with E-state index in [2.05, 4.69) is 159 Å². The average Bonchev–Trinajstić information content (AvgIpc) is 1.64. The Morgan fingerprint density at radius 3 is 1.87 bits per heavy atom. The van der Waals surface area contributed by atoms with Crippen molar-refractivity contribution >= 4 is 32.8 Å². The maximum absolute atomic E-state index is 9.55. The first-order valence-corrected chi connectivity index (χ1v) is 30.6. The smallest absolute Gasteiger partial charge is 0.268 e. The van der Waals surface area contributed by atoms with E-state index in [-0.39, 0.29) is 77.1 Å². The molecular formula is C84H74N4OPt-2. The topological polar surface area (TPSA) is 35.9 Å². The summed E-state index contributed by atoms with van der Waals surface area (Å²) in [5.41, 5.74) is 14.0. The van der Waals surface area contributed by atoms with Crippen LogP contribution in [0, 0.1) is 32.2 Å². The maximum atomic E-state index is 9.55. The van der Waals surface area contributed by atoms with Crippen molar-refractivity contribution in [3.63, 3.8) is 0 Å². The number of aromatic nitrogens is 4. The molecule has 0 amide bonds. The fourth-order valence-electron chi connectivity index (χ4n) is 13.7. The summed E-state index contributed by atoms with van der Waals surface area (Å²) in [6.07, 6.45) is 7.55. The van der Waals surface area contributed by atoms with Crippen LogP contribution in [0.2, 0.25) is 0 Å². The number of aryl methyl sites for hydroxylation is 2. The molecule has 15 rings (SSSR count). The van der Waals surface area contributed by atoms with E-state index >= 15 is 0 Å². The molecule has 0 N–H and O–H groups in total. The molecule has 13 aromatic rings. The van der Waals surface area contributed by atoms with Gasteiger partial charge in [0.05, 0.1) is 23.6 Å². The Morgan fingerprint density at radius 2 is 1.17 bits per heavy atom. The van der Waals surface area contributed by atoms with Crippen molar-refractivity contribution in [3.8, 4) is 95.5 Å². The van der Waals surface area contributed by atoms with Crippen molar-refractivity contribution in [2.24, 2.45) is 0 Å². The van der Waals surface area contributed by atoms with Crippen LogP contribution in [0.15, 0.2) is 206 Å². The van der Waals surface area contributed by atoms with Gasteiger partial charge in [-0.1, -0.05) is 202 Å². The number of hydrogen-bond donors (Lipinski definition) is 0. The number of rotatable bonds is 7. The van der Waals surface area contributed by atoms with Crippen LogP contribution < -0.4 is 9.30 Å². The zero-order valence-electron chi connectivity index (χ0n) is 63.2. The predicted molar refractivity (Wildman–Crippen MR) is 368 cm³/mol. The molecule has 6 heteroatoms. The summed E-state index contributed by atoms with van der Waals surface area (Å²) in [6.45, 7) is 16.7. The molecule has 0 saturated heterocycles. The van der Waals surface area contributed by atoms with Crippen LogP contribution in [0.5, 0.6) is 11.5 Å². The Labute approximate surface area is 560 Å². The number of hydrogen-bond acceptors (Lipinski definition) is 2. The van der Waals surface area contributed by atoms with E-state index < -0.39 is 31.8 Å². The number of nitrogens with zero attached hydrogens (tertiary/aromatic N) is 4. The van der Waals surface area contributed by atoms with Gasteiger partial charge in [-0.15, -0.1) is 29.7 Å². The van der Waals surface area contributed by atoms with E-state index in [4.69, 9.17) is 22.1 Å². The number of fused-ring (bicyclic) bond motifs is 11. The standard InChI is InChI=1S/C84H74N4O.Pt/c1-52-22-20-23-53(2)78(52)57-43-67(55-32-34-58(35-33-55)81(3,4)5)79-71(44-57)69-50-73-72(83(9,10)39-40-84(73,11)12)49-68(69)63-28-16-17-29-64(63)70-42-56(54-24-14-13-15-25-54)45-76-80(70)87(79)51-86(76)60-26-21-27-61(47-60)89-62-36-37-66-65-30-18-19-31-74(65)88(75(66)48-62)77-46-59(38-41-85-77)82(6,7)8;/h13-38,41-46,49-50H,39-40H2,1-12H3;/q-2;/i1D3,2D3,13D,14D,15D,24D,25D;.